The molecule has 1 amide bonds. The Labute approximate surface area is 330 Å². The number of aliphatic hydroxyl groups excluding tert-OH is 1. The van der Waals surface area contributed by atoms with E-state index < -0.39 is 33.4 Å². The average Bonchev–Trinajstić information content (AvgIpc) is 3.98. The first-order valence-corrected chi connectivity index (χ1v) is 20.2. The highest BCUT2D eigenvalue weighted by Crippen LogP contribution is 2.45. The zero-order valence-electron chi connectivity index (χ0n) is 31.8. The summed E-state index contributed by atoms with van der Waals surface area (Å²) in [5, 5.41) is 12.9. The topological polar surface area (TPSA) is 189 Å². The van der Waals surface area contributed by atoms with Crippen LogP contribution in [0, 0.1) is 5.82 Å². The summed E-state index contributed by atoms with van der Waals surface area (Å²) in [7, 11) is -2.23. The third kappa shape index (κ3) is 12.8. The lowest BCUT2D eigenvalue weighted by molar-refractivity contribution is -0.141. The molecule has 57 heavy (non-hydrogen) atoms. The lowest BCUT2D eigenvalue weighted by Gasteiger charge is -2.12. The van der Waals surface area contributed by atoms with Gasteiger partial charge in [0.1, 0.15) is 17.2 Å². The number of rotatable bonds is 24. The van der Waals surface area contributed by atoms with Crippen LogP contribution in [0.3, 0.4) is 0 Å². The van der Waals surface area contributed by atoms with Crippen LogP contribution >= 0.6 is 0 Å². The Bertz CT molecular complexity index is 2150. The van der Waals surface area contributed by atoms with E-state index in [4.69, 9.17) is 23.4 Å². The number of carbonyl (C=O) groups excluding carboxylic acids is 3. The van der Waals surface area contributed by atoms with E-state index in [1.807, 2.05) is 6.07 Å². The smallest absolute Gasteiger partial charge is 0.373 e. The Morgan fingerprint density at radius 1 is 0.912 bits per heavy atom. The second kappa shape index (κ2) is 21.0. The van der Waals surface area contributed by atoms with E-state index in [0.717, 1.165) is 30.0 Å². The zero-order chi connectivity index (χ0) is 40.8. The minimum Gasteiger partial charge on any atom is -0.502 e. The van der Waals surface area contributed by atoms with E-state index in [1.54, 1.807) is 37.3 Å². The van der Waals surface area contributed by atoms with E-state index in [0.29, 0.717) is 60.7 Å². The van der Waals surface area contributed by atoms with Crippen LogP contribution in [0.15, 0.2) is 76.9 Å². The molecule has 5 rings (SSSR count). The van der Waals surface area contributed by atoms with Crippen LogP contribution in [0.2, 0.25) is 0 Å². The van der Waals surface area contributed by atoms with Crippen molar-refractivity contribution in [2.24, 2.45) is 0 Å². The number of aliphatic hydroxyl groups is 1. The number of halogens is 1. The fourth-order valence-corrected chi connectivity index (χ4v) is 7.07. The number of carbonyl (C=O) groups is 3. The molecule has 0 aliphatic heterocycles. The number of hydrogen-bond acceptors (Lipinski definition) is 12. The van der Waals surface area contributed by atoms with Gasteiger partial charge in [-0.1, -0.05) is 18.2 Å². The minimum atomic E-state index is -3.75. The molecule has 0 spiro atoms. The number of allylic oxidation sites excluding steroid dienone is 1. The summed E-state index contributed by atoms with van der Waals surface area (Å²) < 4.78 is 75.4. The van der Waals surface area contributed by atoms with E-state index in [-0.39, 0.29) is 61.9 Å². The number of ether oxygens (including phenoxy) is 5. The molecule has 1 heterocycles. The largest absolute Gasteiger partial charge is 0.502 e. The van der Waals surface area contributed by atoms with Gasteiger partial charge in [-0.3, -0.25) is 9.59 Å². The molecule has 0 unspecified atom stereocenters. The van der Waals surface area contributed by atoms with E-state index in [2.05, 4.69) is 14.8 Å². The van der Waals surface area contributed by atoms with Gasteiger partial charge in [-0.25, -0.2) is 22.3 Å². The summed E-state index contributed by atoms with van der Waals surface area (Å²) in [5.74, 6) is -2.86. The highest BCUT2D eigenvalue weighted by molar-refractivity contribution is 7.88. The first-order valence-electron chi connectivity index (χ1n) is 18.6. The summed E-state index contributed by atoms with van der Waals surface area (Å²) >= 11 is 0. The first kappa shape index (κ1) is 43.2. The summed E-state index contributed by atoms with van der Waals surface area (Å²) in [6, 6.07) is 15.8. The number of amides is 1. The van der Waals surface area contributed by atoms with Crippen molar-refractivity contribution in [2.45, 2.75) is 38.0 Å². The molecular weight excluding hydrogens is 764 g/mol. The second-order valence-electron chi connectivity index (χ2n) is 13.1. The summed E-state index contributed by atoms with van der Waals surface area (Å²) in [6.45, 7) is 3.94. The van der Waals surface area contributed by atoms with Crippen molar-refractivity contribution in [1.29, 1.82) is 0 Å². The molecule has 0 radical (unpaired) electrons. The third-order valence-electron chi connectivity index (χ3n) is 8.79. The van der Waals surface area contributed by atoms with Crippen molar-refractivity contribution in [3.05, 3.63) is 106 Å². The van der Waals surface area contributed by atoms with Crippen LogP contribution in [0.5, 0.6) is 0 Å². The van der Waals surface area contributed by atoms with Gasteiger partial charge < -0.3 is 38.5 Å². The number of hydrogen-bond donors (Lipinski definition) is 3. The molecule has 0 saturated heterocycles. The SMILES string of the molecule is CCOC(=O)/C(O)=C/C(=O)c1cccc(COCCOCCOCCOCCNS(=O)(=O)Cc2cc3oc(-c4ccc(F)cc4)c(C(=O)NC)c3cc2C2CC2)c1. The van der Waals surface area contributed by atoms with Gasteiger partial charge in [0.2, 0.25) is 15.8 Å². The van der Waals surface area contributed by atoms with Gasteiger partial charge in [0.25, 0.3) is 5.91 Å². The van der Waals surface area contributed by atoms with Crippen molar-refractivity contribution in [3.8, 4) is 11.3 Å². The molecule has 1 fully saturated rings. The quantitative estimate of drug-likeness (QED) is 0.0271. The molecule has 1 aliphatic rings. The van der Waals surface area contributed by atoms with Crippen LogP contribution in [-0.4, -0.2) is 97.6 Å². The normalized spacial score (nSPS) is 13.2. The monoisotopic (exact) mass is 810 g/mol. The van der Waals surface area contributed by atoms with Gasteiger partial charge in [0.15, 0.2) is 5.78 Å². The van der Waals surface area contributed by atoms with Gasteiger partial charge in [-0.05, 0) is 84.8 Å². The Morgan fingerprint density at radius 2 is 1.58 bits per heavy atom. The highest BCUT2D eigenvalue weighted by Gasteiger charge is 2.31. The minimum absolute atomic E-state index is 0.0689. The van der Waals surface area contributed by atoms with E-state index in [1.165, 1.54) is 31.3 Å². The summed E-state index contributed by atoms with van der Waals surface area (Å²) in [4.78, 5) is 36.8. The molecule has 3 aromatic carbocycles. The van der Waals surface area contributed by atoms with Gasteiger partial charge >= 0.3 is 5.97 Å². The van der Waals surface area contributed by atoms with Crippen LogP contribution in [0.25, 0.3) is 22.3 Å². The Balaban J connectivity index is 0.970. The fraction of sp³-hybridized carbons (Fsp3) is 0.390. The lowest BCUT2D eigenvalue weighted by atomic mass is 9.98. The maximum Gasteiger partial charge on any atom is 0.373 e. The Hall–Kier alpha value is -4.97. The number of furan rings is 1. The van der Waals surface area contributed by atoms with Gasteiger partial charge in [0.05, 0.1) is 70.8 Å². The Kier molecular flexibility index (Phi) is 15.9. The van der Waals surface area contributed by atoms with Gasteiger partial charge in [0, 0.05) is 36.2 Å². The molecular formula is C41H47FN2O12S. The number of nitrogens with one attached hydrogen (secondary N) is 2. The molecule has 1 aliphatic carbocycles. The van der Waals surface area contributed by atoms with Crippen LogP contribution < -0.4 is 10.0 Å². The number of sulfonamides is 1. The maximum absolute atomic E-state index is 13.6. The van der Waals surface area contributed by atoms with Gasteiger partial charge in [-0.15, -0.1) is 0 Å². The van der Waals surface area contributed by atoms with Crippen molar-refractivity contribution < 1.29 is 60.4 Å². The van der Waals surface area contributed by atoms with Crippen molar-refractivity contribution in [2.75, 3.05) is 66.4 Å². The van der Waals surface area contributed by atoms with Gasteiger partial charge in [-0.2, -0.15) is 0 Å². The zero-order valence-corrected chi connectivity index (χ0v) is 32.7. The lowest BCUT2D eigenvalue weighted by Crippen LogP contribution is -2.29. The standard InChI is InChI=1S/C41H47FN2O12S/c1-3-55-41(48)36(46)24-35(45)30-6-4-5-27(21-30)25-54-20-19-53-18-17-52-16-15-51-14-13-44-57(49,50)26-31-22-37-34(23-33(31)28-7-8-28)38(40(47)43-2)39(56-37)29-9-11-32(42)12-10-29/h4-6,9-12,21-24,28,44,46H,3,7-8,13-20,25-26H2,1-2H3,(H,43,47)/b36-24-. The molecule has 4 aromatic rings. The van der Waals surface area contributed by atoms with E-state index in [9.17, 15) is 32.3 Å². The fourth-order valence-electron chi connectivity index (χ4n) is 5.92. The van der Waals surface area contributed by atoms with E-state index >= 15 is 0 Å². The highest BCUT2D eigenvalue weighted by atomic mass is 32.2. The predicted octanol–water partition coefficient (Wildman–Crippen LogP) is 5.35. The summed E-state index contributed by atoms with van der Waals surface area (Å²) in [5.41, 5.74) is 3.67. The molecule has 0 bridgehead atoms. The van der Waals surface area contributed by atoms with Crippen LogP contribution in [-0.2, 0) is 50.9 Å². The number of benzene rings is 3. The number of esters is 1. The third-order valence-corrected chi connectivity index (χ3v) is 10.1. The van der Waals surface area contributed by atoms with Crippen LogP contribution in [0.4, 0.5) is 4.39 Å². The molecule has 16 heteroatoms. The molecule has 0 atom stereocenters. The molecule has 1 aromatic heterocycles. The second-order valence-corrected chi connectivity index (χ2v) is 14.9. The van der Waals surface area contributed by atoms with Crippen molar-refractivity contribution in [3.63, 3.8) is 0 Å². The number of ketones is 1. The number of fused-ring (bicyclic) bond motifs is 1. The predicted molar refractivity (Wildman–Crippen MR) is 208 cm³/mol. The molecule has 14 nitrogen and oxygen atoms in total. The Morgan fingerprint density at radius 3 is 2.23 bits per heavy atom. The first-order chi connectivity index (χ1) is 27.5. The van der Waals surface area contributed by atoms with Crippen LogP contribution in [0.1, 0.15) is 63.1 Å². The maximum atomic E-state index is 13.6. The molecule has 3 N–H and O–H groups in total. The molecule has 1 saturated carbocycles. The van der Waals surface area contributed by atoms with Crippen molar-refractivity contribution >= 4 is 38.7 Å². The average molecular weight is 811 g/mol. The molecule has 306 valence electrons. The summed E-state index contributed by atoms with van der Waals surface area (Å²) in [6.07, 6.45) is 2.65. The van der Waals surface area contributed by atoms with Crippen molar-refractivity contribution in [1.82, 2.24) is 10.0 Å².